The second-order valence-corrected chi connectivity index (χ2v) is 8.94. The SMILES string of the molecule is CC/C=C/C=C(\C=NC)c1cc(Cl)cc(Nc2ccc(/C=N/Nc3ncc(F)c(N4CCOCC4)n3)nc2)c1. The number of anilines is 4. The number of hydrogen-bond acceptors (Lipinski definition) is 9. The van der Waals surface area contributed by atoms with E-state index in [0.29, 0.717) is 37.0 Å². The van der Waals surface area contributed by atoms with Gasteiger partial charge in [-0.25, -0.2) is 14.8 Å². The smallest absolute Gasteiger partial charge is 0.245 e. The molecule has 4 rings (SSSR count). The van der Waals surface area contributed by atoms with Crippen molar-refractivity contribution in [3.8, 4) is 0 Å². The van der Waals surface area contributed by atoms with Crippen LogP contribution in [0.1, 0.15) is 24.6 Å². The molecule has 0 bridgehead atoms. The lowest BCUT2D eigenvalue weighted by Crippen LogP contribution is -2.37. The van der Waals surface area contributed by atoms with Gasteiger partial charge in [-0.15, -0.1) is 0 Å². The number of rotatable bonds is 10. The van der Waals surface area contributed by atoms with Crippen molar-refractivity contribution in [2.45, 2.75) is 13.3 Å². The molecule has 3 aromatic rings. The maximum atomic E-state index is 14.2. The van der Waals surface area contributed by atoms with Gasteiger partial charge < -0.3 is 15.0 Å². The van der Waals surface area contributed by atoms with Crippen LogP contribution in [0.2, 0.25) is 5.02 Å². The van der Waals surface area contributed by atoms with Crippen molar-refractivity contribution in [2.24, 2.45) is 10.1 Å². The molecule has 39 heavy (non-hydrogen) atoms. The van der Waals surface area contributed by atoms with Crippen molar-refractivity contribution in [1.82, 2.24) is 15.0 Å². The number of aromatic nitrogens is 3. The molecule has 11 heteroatoms. The lowest BCUT2D eigenvalue weighted by Gasteiger charge is -2.27. The Morgan fingerprint density at radius 2 is 2.00 bits per heavy atom. The van der Waals surface area contributed by atoms with Gasteiger partial charge in [0.05, 0.1) is 43.2 Å². The Kier molecular flexibility index (Phi) is 10.1. The maximum Gasteiger partial charge on any atom is 0.245 e. The van der Waals surface area contributed by atoms with Gasteiger partial charge in [-0.2, -0.15) is 10.1 Å². The number of hydrogen-bond donors (Lipinski definition) is 2. The van der Waals surface area contributed by atoms with Crippen LogP contribution in [0.3, 0.4) is 0 Å². The van der Waals surface area contributed by atoms with E-state index in [1.807, 2.05) is 47.4 Å². The molecular formula is C28H30ClFN8O. The molecule has 1 aliphatic heterocycles. The van der Waals surface area contributed by atoms with Crippen LogP contribution in [0.25, 0.3) is 5.57 Å². The summed E-state index contributed by atoms with van der Waals surface area (Å²) in [4.78, 5) is 18.6. The van der Waals surface area contributed by atoms with Gasteiger partial charge in [-0.3, -0.25) is 9.98 Å². The molecule has 1 saturated heterocycles. The number of aliphatic imine (C=N–C) groups is 1. The minimum Gasteiger partial charge on any atom is -0.378 e. The molecule has 202 valence electrons. The highest BCUT2D eigenvalue weighted by Crippen LogP contribution is 2.26. The summed E-state index contributed by atoms with van der Waals surface area (Å²) in [7, 11) is 1.74. The van der Waals surface area contributed by atoms with Crippen LogP contribution in [0.4, 0.5) is 27.5 Å². The number of pyridine rings is 1. The standard InChI is InChI=1S/C28H30ClFN8O/c1-3-4-5-6-20(16-31-2)21-13-22(29)15-25(14-21)35-24-8-7-23(32-17-24)18-34-37-28-33-19-26(30)27(36-28)38-9-11-39-12-10-38/h4-8,13-19,35H,3,9-12H2,1-2H3,(H,33,36,37)/b5-4+,20-6+,31-16?,34-18+. The van der Waals surface area contributed by atoms with E-state index < -0.39 is 5.82 Å². The summed E-state index contributed by atoms with van der Waals surface area (Å²) in [6, 6.07) is 9.45. The van der Waals surface area contributed by atoms with Crippen LogP contribution in [0, 0.1) is 5.82 Å². The van der Waals surface area contributed by atoms with Gasteiger partial charge in [0.25, 0.3) is 0 Å². The van der Waals surface area contributed by atoms with E-state index in [2.05, 4.69) is 48.8 Å². The summed E-state index contributed by atoms with van der Waals surface area (Å²) in [6.45, 7) is 4.28. The van der Waals surface area contributed by atoms with Crippen molar-refractivity contribution in [1.29, 1.82) is 0 Å². The first-order valence-corrected chi connectivity index (χ1v) is 12.9. The number of benzene rings is 1. The molecule has 9 nitrogen and oxygen atoms in total. The van der Waals surface area contributed by atoms with Gasteiger partial charge in [0, 0.05) is 37.1 Å². The first-order valence-electron chi connectivity index (χ1n) is 12.5. The molecule has 0 spiro atoms. The number of morpholine rings is 1. The molecule has 1 aromatic carbocycles. The summed E-state index contributed by atoms with van der Waals surface area (Å²) in [6.07, 6.45) is 13.2. The highest BCUT2D eigenvalue weighted by Gasteiger charge is 2.17. The predicted octanol–water partition coefficient (Wildman–Crippen LogP) is 5.74. The maximum absolute atomic E-state index is 14.2. The van der Waals surface area contributed by atoms with Gasteiger partial charge in [0.2, 0.25) is 5.95 Å². The first kappa shape index (κ1) is 27.9. The Hall–Kier alpha value is -4.15. The first-order chi connectivity index (χ1) is 19.1. The van der Waals surface area contributed by atoms with Crippen molar-refractivity contribution < 1.29 is 9.13 Å². The molecule has 0 radical (unpaired) electrons. The third kappa shape index (κ3) is 8.17. The molecule has 0 unspecified atom stereocenters. The fourth-order valence-corrected chi connectivity index (χ4v) is 4.01. The van der Waals surface area contributed by atoms with E-state index in [9.17, 15) is 4.39 Å². The predicted molar refractivity (Wildman–Crippen MR) is 157 cm³/mol. The Morgan fingerprint density at radius 1 is 1.15 bits per heavy atom. The van der Waals surface area contributed by atoms with Gasteiger partial charge in [-0.1, -0.05) is 36.8 Å². The largest absolute Gasteiger partial charge is 0.378 e. The highest BCUT2D eigenvalue weighted by molar-refractivity contribution is 6.31. The molecule has 2 aromatic heterocycles. The van der Waals surface area contributed by atoms with Crippen LogP contribution < -0.4 is 15.6 Å². The van der Waals surface area contributed by atoms with Crippen molar-refractivity contribution in [3.63, 3.8) is 0 Å². The van der Waals surface area contributed by atoms with Crippen LogP contribution in [-0.4, -0.2) is 60.7 Å². The molecule has 0 saturated carbocycles. The number of halogens is 2. The molecule has 1 fully saturated rings. The zero-order valence-corrected chi connectivity index (χ0v) is 22.6. The fraction of sp³-hybridized carbons (Fsp3) is 0.250. The summed E-state index contributed by atoms with van der Waals surface area (Å²) < 4.78 is 19.5. The molecule has 3 heterocycles. The minimum absolute atomic E-state index is 0.191. The number of hydrazone groups is 1. The zero-order chi connectivity index (χ0) is 27.5. The number of nitrogens with zero attached hydrogens (tertiary/aromatic N) is 6. The molecular weight excluding hydrogens is 519 g/mol. The monoisotopic (exact) mass is 548 g/mol. The van der Waals surface area contributed by atoms with Gasteiger partial charge in [-0.05, 0) is 47.9 Å². The summed E-state index contributed by atoms with van der Waals surface area (Å²) >= 11 is 6.41. The van der Waals surface area contributed by atoms with Gasteiger partial charge >= 0.3 is 0 Å². The molecule has 2 N–H and O–H groups in total. The topological polar surface area (TPSA) is 99.9 Å². The van der Waals surface area contributed by atoms with E-state index in [0.717, 1.165) is 35.1 Å². The molecule has 0 amide bonds. The van der Waals surface area contributed by atoms with Crippen molar-refractivity contribution in [3.05, 3.63) is 83.1 Å². The average molecular weight is 549 g/mol. The summed E-state index contributed by atoms with van der Waals surface area (Å²) in [5.41, 5.74) is 6.85. The zero-order valence-electron chi connectivity index (χ0n) is 21.8. The van der Waals surface area contributed by atoms with Crippen LogP contribution in [-0.2, 0) is 4.74 Å². The molecule has 0 atom stereocenters. The lowest BCUT2D eigenvalue weighted by molar-refractivity contribution is 0.122. The lowest BCUT2D eigenvalue weighted by atomic mass is 10.1. The third-order valence-electron chi connectivity index (χ3n) is 5.62. The second kappa shape index (κ2) is 14.1. The second-order valence-electron chi connectivity index (χ2n) is 8.51. The Labute approximate surface area is 232 Å². The van der Waals surface area contributed by atoms with Gasteiger partial charge in [0.1, 0.15) is 0 Å². The normalized spacial score (nSPS) is 14.6. The van der Waals surface area contributed by atoms with Crippen LogP contribution in [0.5, 0.6) is 0 Å². The number of ether oxygens (including phenoxy) is 1. The quantitative estimate of drug-likeness (QED) is 0.189. The van der Waals surface area contributed by atoms with Crippen LogP contribution in [0.15, 0.2) is 71.0 Å². The molecule has 1 aliphatic rings. The van der Waals surface area contributed by atoms with Crippen LogP contribution >= 0.6 is 11.6 Å². The summed E-state index contributed by atoms with van der Waals surface area (Å²) in [5, 5.41) is 8.08. The highest BCUT2D eigenvalue weighted by atomic mass is 35.5. The van der Waals surface area contributed by atoms with Crippen molar-refractivity contribution in [2.75, 3.05) is 49.0 Å². The Balaban J connectivity index is 1.41. The average Bonchev–Trinajstić information content (AvgIpc) is 2.95. The van der Waals surface area contributed by atoms with Gasteiger partial charge in [0.15, 0.2) is 11.6 Å². The Morgan fingerprint density at radius 3 is 2.74 bits per heavy atom. The number of nitrogens with one attached hydrogen (secondary N) is 2. The van der Waals surface area contributed by atoms with E-state index in [1.165, 1.54) is 6.21 Å². The van der Waals surface area contributed by atoms with E-state index in [-0.39, 0.29) is 11.8 Å². The summed E-state index contributed by atoms with van der Waals surface area (Å²) in [5.74, 6) is -0.0660. The fourth-order valence-electron chi connectivity index (χ4n) is 3.78. The Bertz CT molecular complexity index is 1370. The van der Waals surface area contributed by atoms with E-state index in [1.54, 1.807) is 19.5 Å². The number of allylic oxidation sites excluding steroid dienone is 4. The molecule has 0 aliphatic carbocycles. The van der Waals surface area contributed by atoms with E-state index in [4.69, 9.17) is 16.3 Å². The van der Waals surface area contributed by atoms with E-state index >= 15 is 0 Å². The third-order valence-corrected chi connectivity index (χ3v) is 5.84. The minimum atomic E-state index is -0.484. The van der Waals surface area contributed by atoms with Crippen molar-refractivity contribution >= 4 is 52.7 Å².